The van der Waals surface area contributed by atoms with Crippen LogP contribution in [0.4, 0.5) is 0 Å². The van der Waals surface area contributed by atoms with Gasteiger partial charge < -0.3 is 19.3 Å². The summed E-state index contributed by atoms with van der Waals surface area (Å²) in [6, 6.07) is 3.57. The molecule has 4 heteroatoms. The van der Waals surface area contributed by atoms with E-state index in [1.165, 1.54) is 19.3 Å². The molecule has 0 fully saturated rings. The second-order valence-electron chi connectivity index (χ2n) is 5.22. The average molecular weight is 296 g/mol. The molecular formula is C17H28O4. The zero-order valence-corrected chi connectivity index (χ0v) is 13.6. The zero-order chi connectivity index (χ0) is 15.7. The maximum absolute atomic E-state index is 9.27. The van der Waals surface area contributed by atoms with E-state index in [0.29, 0.717) is 29.8 Å². The van der Waals surface area contributed by atoms with E-state index < -0.39 is 0 Å². The normalized spacial score (nSPS) is 12.0. The summed E-state index contributed by atoms with van der Waals surface area (Å²) in [5.74, 6) is 2.36. The van der Waals surface area contributed by atoms with Gasteiger partial charge >= 0.3 is 0 Å². The van der Waals surface area contributed by atoms with Gasteiger partial charge in [-0.2, -0.15) is 0 Å². The highest BCUT2D eigenvalue weighted by molar-refractivity contribution is 5.53. The standard InChI is InChI=1S/C17H28O4/c1-5-7-8-13(6-2)12-21-17-15(19-3)9-14(11-18)10-16(17)20-4/h9-10,13,18H,5-8,11-12H2,1-4H3. The number of hydrogen-bond donors (Lipinski definition) is 1. The number of benzene rings is 1. The van der Waals surface area contributed by atoms with E-state index in [1.54, 1.807) is 26.4 Å². The van der Waals surface area contributed by atoms with Crippen molar-refractivity contribution in [3.63, 3.8) is 0 Å². The molecule has 0 aliphatic carbocycles. The molecule has 1 aromatic carbocycles. The summed E-state index contributed by atoms with van der Waals surface area (Å²) in [5, 5.41) is 9.27. The molecule has 0 aromatic heterocycles. The number of aliphatic hydroxyl groups excluding tert-OH is 1. The summed E-state index contributed by atoms with van der Waals surface area (Å²) >= 11 is 0. The number of aliphatic hydroxyl groups is 1. The molecule has 0 aliphatic rings. The van der Waals surface area contributed by atoms with Crippen molar-refractivity contribution in [2.45, 2.75) is 46.1 Å². The molecule has 0 bridgehead atoms. The van der Waals surface area contributed by atoms with E-state index in [2.05, 4.69) is 13.8 Å². The van der Waals surface area contributed by atoms with E-state index in [4.69, 9.17) is 14.2 Å². The number of rotatable bonds is 10. The van der Waals surface area contributed by atoms with E-state index in [-0.39, 0.29) is 6.61 Å². The van der Waals surface area contributed by atoms with Crippen molar-refractivity contribution in [1.29, 1.82) is 0 Å². The van der Waals surface area contributed by atoms with Gasteiger partial charge in [0.2, 0.25) is 5.75 Å². The lowest BCUT2D eigenvalue weighted by Crippen LogP contribution is -2.12. The monoisotopic (exact) mass is 296 g/mol. The van der Waals surface area contributed by atoms with Gasteiger partial charge in [-0.15, -0.1) is 0 Å². The highest BCUT2D eigenvalue weighted by Crippen LogP contribution is 2.39. The molecule has 1 atom stereocenters. The van der Waals surface area contributed by atoms with Crippen LogP contribution in [0, 0.1) is 5.92 Å². The minimum atomic E-state index is -0.0545. The summed E-state index contributed by atoms with van der Waals surface area (Å²) in [6.07, 6.45) is 4.69. The van der Waals surface area contributed by atoms with Gasteiger partial charge in [-0.25, -0.2) is 0 Å². The lowest BCUT2D eigenvalue weighted by Gasteiger charge is -2.19. The van der Waals surface area contributed by atoms with Crippen LogP contribution >= 0.6 is 0 Å². The smallest absolute Gasteiger partial charge is 0.203 e. The molecule has 1 unspecified atom stereocenters. The number of hydrogen-bond acceptors (Lipinski definition) is 4. The molecular weight excluding hydrogens is 268 g/mol. The average Bonchev–Trinajstić information content (AvgIpc) is 2.54. The van der Waals surface area contributed by atoms with E-state index >= 15 is 0 Å². The Labute approximate surface area is 128 Å². The van der Waals surface area contributed by atoms with Crippen molar-refractivity contribution in [1.82, 2.24) is 0 Å². The Bertz CT molecular complexity index is 392. The molecule has 120 valence electrons. The van der Waals surface area contributed by atoms with Crippen LogP contribution in [-0.2, 0) is 6.61 Å². The van der Waals surface area contributed by atoms with Crippen LogP contribution in [0.1, 0.15) is 45.1 Å². The third-order valence-corrected chi connectivity index (χ3v) is 3.71. The van der Waals surface area contributed by atoms with Gasteiger partial charge in [-0.1, -0.05) is 33.1 Å². The van der Waals surface area contributed by atoms with E-state index in [0.717, 1.165) is 12.0 Å². The third kappa shape index (κ3) is 5.12. The number of ether oxygens (including phenoxy) is 3. The van der Waals surface area contributed by atoms with Gasteiger partial charge in [-0.3, -0.25) is 0 Å². The molecule has 4 nitrogen and oxygen atoms in total. The van der Waals surface area contributed by atoms with Gasteiger partial charge in [-0.05, 0) is 30.0 Å². The Kier molecular flexibility index (Phi) is 7.98. The third-order valence-electron chi connectivity index (χ3n) is 3.71. The molecule has 0 amide bonds. The SMILES string of the molecule is CCCCC(CC)COc1c(OC)cc(CO)cc1OC. The Hall–Kier alpha value is -1.42. The fourth-order valence-electron chi connectivity index (χ4n) is 2.27. The quantitative estimate of drug-likeness (QED) is 0.713. The Balaban J connectivity index is 2.85. The largest absolute Gasteiger partial charge is 0.493 e. The van der Waals surface area contributed by atoms with Crippen LogP contribution in [0.2, 0.25) is 0 Å². The highest BCUT2D eigenvalue weighted by atomic mass is 16.5. The van der Waals surface area contributed by atoms with Crippen LogP contribution in [0.3, 0.4) is 0 Å². The maximum Gasteiger partial charge on any atom is 0.203 e. The molecule has 0 saturated carbocycles. The topological polar surface area (TPSA) is 47.9 Å². The van der Waals surface area contributed by atoms with Gasteiger partial charge in [0.25, 0.3) is 0 Å². The van der Waals surface area contributed by atoms with Crippen LogP contribution in [0.15, 0.2) is 12.1 Å². The molecule has 1 N–H and O–H groups in total. The van der Waals surface area contributed by atoms with Gasteiger partial charge in [0.15, 0.2) is 11.5 Å². The lowest BCUT2D eigenvalue weighted by molar-refractivity contribution is 0.214. The van der Waals surface area contributed by atoms with Crippen molar-refractivity contribution < 1.29 is 19.3 Å². The molecule has 1 rings (SSSR count). The molecule has 0 spiro atoms. The first-order valence-corrected chi connectivity index (χ1v) is 7.68. The van der Waals surface area contributed by atoms with Crippen molar-refractivity contribution in [2.24, 2.45) is 5.92 Å². The van der Waals surface area contributed by atoms with E-state index in [1.807, 2.05) is 0 Å². The predicted octanol–water partition coefficient (Wildman–Crippen LogP) is 3.79. The minimum Gasteiger partial charge on any atom is -0.493 e. The first-order valence-electron chi connectivity index (χ1n) is 7.68. The van der Waals surface area contributed by atoms with Gasteiger partial charge in [0.1, 0.15) is 0 Å². The summed E-state index contributed by atoms with van der Waals surface area (Å²) in [4.78, 5) is 0. The first kappa shape index (κ1) is 17.6. The number of unbranched alkanes of at least 4 members (excludes halogenated alkanes) is 1. The Morgan fingerprint density at radius 2 is 1.71 bits per heavy atom. The fourth-order valence-corrected chi connectivity index (χ4v) is 2.27. The Morgan fingerprint density at radius 1 is 1.10 bits per heavy atom. The van der Waals surface area contributed by atoms with Crippen LogP contribution < -0.4 is 14.2 Å². The molecule has 0 aliphatic heterocycles. The highest BCUT2D eigenvalue weighted by Gasteiger charge is 2.16. The van der Waals surface area contributed by atoms with Crippen molar-refractivity contribution >= 4 is 0 Å². The first-order chi connectivity index (χ1) is 10.2. The Morgan fingerprint density at radius 3 is 2.14 bits per heavy atom. The lowest BCUT2D eigenvalue weighted by atomic mass is 10.0. The molecule has 21 heavy (non-hydrogen) atoms. The molecule has 0 radical (unpaired) electrons. The van der Waals surface area contributed by atoms with Crippen molar-refractivity contribution in [3.05, 3.63) is 17.7 Å². The van der Waals surface area contributed by atoms with Crippen LogP contribution in [0.25, 0.3) is 0 Å². The van der Waals surface area contributed by atoms with Gasteiger partial charge in [0, 0.05) is 0 Å². The second kappa shape index (κ2) is 9.50. The minimum absolute atomic E-state index is 0.0545. The summed E-state index contributed by atoms with van der Waals surface area (Å²) in [5.41, 5.74) is 0.745. The van der Waals surface area contributed by atoms with Crippen molar-refractivity contribution in [3.8, 4) is 17.2 Å². The van der Waals surface area contributed by atoms with Gasteiger partial charge in [0.05, 0.1) is 27.4 Å². The van der Waals surface area contributed by atoms with Crippen LogP contribution in [-0.4, -0.2) is 25.9 Å². The fraction of sp³-hybridized carbons (Fsp3) is 0.647. The maximum atomic E-state index is 9.27. The van der Waals surface area contributed by atoms with Crippen LogP contribution in [0.5, 0.6) is 17.2 Å². The second-order valence-corrected chi connectivity index (χ2v) is 5.22. The van der Waals surface area contributed by atoms with Crippen molar-refractivity contribution in [2.75, 3.05) is 20.8 Å². The zero-order valence-electron chi connectivity index (χ0n) is 13.6. The number of methoxy groups -OCH3 is 2. The summed E-state index contributed by atoms with van der Waals surface area (Å²) in [7, 11) is 3.19. The molecule has 0 saturated heterocycles. The van der Waals surface area contributed by atoms with E-state index in [9.17, 15) is 5.11 Å². The summed E-state index contributed by atoms with van der Waals surface area (Å²) < 4.78 is 16.7. The summed E-state index contributed by atoms with van der Waals surface area (Å²) in [6.45, 7) is 4.99. The molecule has 0 heterocycles. The predicted molar refractivity (Wildman–Crippen MR) is 84.3 cm³/mol. The molecule has 1 aromatic rings.